The first-order valence-electron chi connectivity index (χ1n) is 25.1. The van der Waals surface area contributed by atoms with Gasteiger partial charge in [0.1, 0.15) is 36.0 Å². The van der Waals surface area contributed by atoms with Crippen molar-refractivity contribution in [1.82, 2.24) is 47.1 Å². The maximum atomic E-state index is 14.7. The minimum absolute atomic E-state index is 0.00892. The Bertz CT molecular complexity index is 2650. The van der Waals surface area contributed by atoms with Crippen LogP contribution in [0.15, 0.2) is 23.2 Å². The number of hydrogen-bond acceptors (Lipinski definition) is 17. The molecule has 5 rings (SSSR count). The van der Waals surface area contributed by atoms with E-state index in [1.807, 2.05) is 5.92 Å². The number of rotatable bonds is 16. The van der Waals surface area contributed by atoms with E-state index in [9.17, 15) is 73.2 Å². The molecule has 2 bridgehead atoms. The molecule has 0 saturated carbocycles. The summed E-state index contributed by atoms with van der Waals surface area (Å²) in [6.45, 7) is 4.14. The highest BCUT2D eigenvalue weighted by atomic mass is 32.2. The summed E-state index contributed by atoms with van der Waals surface area (Å²) in [6.07, 6.45) is -4.07. The summed E-state index contributed by atoms with van der Waals surface area (Å²) in [5.41, 5.74) is -0.511. The van der Waals surface area contributed by atoms with Crippen LogP contribution >= 0.6 is 11.8 Å². The van der Waals surface area contributed by atoms with E-state index in [0.29, 0.717) is 33.5 Å². The average molecular weight is 1100 g/mol. The summed E-state index contributed by atoms with van der Waals surface area (Å²) in [5.74, 6) is -6.97. The number of ether oxygens (including phenoxy) is 1. The minimum Gasteiger partial charge on any atom is -0.472 e. The van der Waals surface area contributed by atoms with Gasteiger partial charge in [0.05, 0.1) is 48.7 Å². The number of aliphatic hydroxyl groups excluding tert-OH is 3. The molecule has 27 heteroatoms. The molecular weight excluding hydrogens is 1030 g/mol. The van der Waals surface area contributed by atoms with Crippen molar-refractivity contribution in [3.8, 4) is 11.8 Å². The first kappa shape index (κ1) is 60.9. The van der Waals surface area contributed by atoms with Crippen LogP contribution in [0.5, 0.6) is 0 Å². The summed E-state index contributed by atoms with van der Waals surface area (Å²) in [4.78, 5) is 151. The van der Waals surface area contributed by atoms with Gasteiger partial charge in [-0.1, -0.05) is 6.07 Å². The molecule has 2 aromatic rings. The van der Waals surface area contributed by atoms with Crippen LogP contribution in [0.4, 0.5) is 0 Å². The van der Waals surface area contributed by atoms with Crippen molar-refractivity contribution in [1.29, 1.82) is 0 Å². The van der Waals surface area contributed by atoms with Gasteiger partial charge in [-0.3, -0.25) is 47.9 Å². The van der Waals surface area contributed by atoms with Gasteiger partial charge in [0.15, 0.2) is 5.78 Å². The van der Waals surface area contributed by atoms with E-state index < -0.39 is 133 Å². The Morgan fingerprint density at radius 1 is 0.883 bits per heavy atom. The second kappa shape index (κ2) is 27.9. The number of nitrogens with zero attached hydrogens (tertiary/aromatic N) is 1. The van der Waals surface area contributed by atoms with Gasteiger partial charge in [-0.2, -0.15) is 0 Å². The lowest BCUT2D eigenvalue weighted by Gasteiger charge is -2.31. The summed E-state index contributed by atoms with van der Waals surface area (Å²) >= 11 is 1.01. The first-order valence-corrected chi connectivity index (χ1v) is 26.0. The van der Waals surface area contributed by atoms with E-state index >= 15 is 0 Å². The highest BCUT2D eigenvalue weighted by Crippen LogP contribution is 2.35. The number of aliphatic hydroxyl groups is 4. The second-order valence-corrected chi connectivity index (χ2v) is 20.6. The summed E-state index contributed by atoms with van der Waals surface area (Å²) in [6, 6.07) is -3.79. The fourth-order valence-electron chi connectivity index (χ4n) is 8.77. The van der Waals surface area contributed by atoms with Gasteiger partial charge in [-0.05, 0) is 63.8 Å². The molecule has 0 aliphatic carbocycles. The number of carbonyl (C=O) groups is 11. The van der Waals surface area contributed by atoms with Crippen molar-refractivity contribution in [2.45, 2.75) is 138 Å². The van der Waals surface area contributed by atoms with Gasteiger partial charge in [0.25, 0.3) is 5.91 Å². The zero-order valence-corrected chi connectivity index (χ0v) is 43.8. The minimum atomic E-state index is -1.97. The summed E-state index contributed by atoms with van der Waals surface area (Å²) in [5, 5.41) is 69.6. The first-order chi connectivity index (χ1) is 36.4. The number of aromatic amines is 1. The molecule has 10 atom stereocenters. The van der Waals surface area contributed by atoms with Crippen LogP contribution in [0, 0.1) is 17.8 Å². The number of aliphatic carboxylic acids is 1. The zero-order chi connectivity index (χ0) is 56.7. The van der Waals surface area contributed by atoms with Crippen LogP contribution in [0.3, 0.4) is 0 Å². The number of carboxylic acid groups (broad SMARTS) is 1. The lowest BCUT2D eigenvalue weighted by molar-refractivity contribution is -0.142. The van der Waals surface area contributed by atoms with Crippen LogP contribution in [0.2, 0.25) is 0 Å². The molecule has 1 unspecified atom stereocenters. The molecule has 420 valence electrons. The SMILES string of the molecule is CC(O)[C@H]1NC(=O)[C@H](C)NC(=O)[C@H](C[C@@](C)(O)CO)NC(=O)[C@H]2CC(=O)[C@H](C)NC(=O)[C@@H]3C[C@@H](O)CN3C(=O)[C@@H](CSc3[nH]c4ccc(CC(=O)CCCNC(=O)CCOCCNC(=O)C#CC(=O)O)cc4c3C2)NC1=O. The molecule has 4 heterocycles. The quantitative estimate of drug-likeness (QED) is 0.0562. The normalized spacial score (nSPS) is 25.0. The van der Waals surface area contributed by atoms with Crippen LogP contribution in [-0.4, -0.2) is 199 Å². The Morgan fingerprint density at radius 3 is 2.31 bits per heavy atom. The molecule has 3 aliphatic rings. The number of H-pyrrole nitrogens is 1. The number of carbonyl (C=O) groups excluding carboxylic acids is 10. The molecule has 8 amide bonds. The van der Waals surface area contributed by atoms with Crippen LogP contribution < -0.4 is 37.2 Å². The second-order valence-electron chi connectivity index (χ2n) is 19.6. The smallest absolute Gasteiger partial charge is 0.382 e. The third-order valence-electron chi connectivity index (χ3n) is 13.0. The molecule has 1 aromatic carbocycles. The molecule has 0 radical (unpaired) electrons. The molecule has 26 nitrogen and oxygen atoms in total. The maximum Gasteiger partial charge on any atom is 0.382 e. The number of carboxylic acids is 1. The number of amides is 8. The standard InChI is InChI=1S/C50H67N9O17S/c1-25-38(64)19-29-18-33-32-17-28(16-30(62)6-5-12-51-40(66)11-14-76-15-13-52-39(65)9-10-41(67)68)7-8-34(32)57-48(33)77-23-36(49(74)59-22-31(63)20-37(59)46(72)53-25)56-47(73)42(27(3)61)58-43(69)26(2)54-45(71)35(55-44(29)70)21-50(4,75)24-60/h7-8,17,25-27,29,31,35-37,42,57,60-61,63,75H,5-6,11-16,18-24H2,1-4H3,(H,51,66)(H,52,65)(H,53,72)(H,54,71)(H,55,70)(H,56,73)(H,58,69)(H,67,68)/t25-,26-,27?,29+,31+,35-,36+,37-,42+,50+/m0/s1. The molecular formula is C50H67N9O17S. The van der Waals surface area contributed by atoms with E-state index in [1.165, 1.54) is 27.7 Å². The Labute approximate surface area is 446 Å². The van der Waals surface area contributed by atoms with E-state index in [-0.39, 0.29) is 82.4 Å². The number of benzene rings is 1. The number of hydrogen-bond donors (Lipinski definition) is 13. The van der Waals surface area contributed by atoms with Crippen molar-refractivity contribution >= 4 is 87.5 Å². The van der Waals surface area contributed by atoms with Crippen molar-refractivity contribution in [3.63, 3.8) is 0 Å². The van der Waals surface area contributed by atoms with Crippen molar-refractivity contribution in [2.24, 2.45) is 5.92 Å². The van der Waals surface area contributed by atoms with Gasteiger partial charge >= 0.3 is 5.97 Å². The molecule has 1 saturated heterocycles. The molecule has 13 N–H and O–H groups in total. The lowest BCUT2D eigenvalue weighted by Crippen LogP contribution is -2.61. The highest BCUT2D eigenvalue weighted by Gasteiger charge is 2.44. The van der Waals surface area contributed by atoms with Gasteiger partial charge in [0, 0.05) is 92.6 Å². The van der Waals surface area contributed by atoms with Gasteiger partial charge in [-0.25, -0.2) is 4.79 Å². The highest BCUT2D eigenvalue weighted by molar-refractivity contribution is 7.99. The third kappa shape index (κ3) is 17.8. The number of Topliss-reactive ketones (excluding diaryl/α,β-unsaturated/α-hetero) is 2. The largest absolute Gasteiger partial charge is 0.472 e. The monoisotopic (exact) mass is 1100 g/mol. The number of aromatic nitrogens is 1. The Hall–Kier alpha value is -6.96. The average Bonchev–Trinajstić information content (AvgIpc) is 3.93. The Morgan fingerprint density at radius 2 is 1.61 bits per heavy atom. The summed E-state index contributed by atoms with van der Waals surface area (Å²) in [7, 11) is 0. The number of thioether (sulfide) groups is 1. The maximum absolute atomic E-state index is 14.7. The van der Waals surface area contributed by atoms with E-state index in [1.54, 1.807) is 24.1 Å². The molecule has 77 heavy (non-hydrogen) atoms. The predicted octanol–water partition coefficient (Wildman–Crippen LogP) is -4.04. The van der Waals surface area contributed by atoms with Crippen LogP contribution in [0.25, 0.3) is 10.9 Å². The lowest BCUT2D eigenvalue weighted by atomic mass is 9.89. The number of nitrogens with one attached hydrogen (secondary N) is 8. The van der Waals surface area contributed by atoms with Crippen LogP contribution in [-0.2, 0) is 70.3 Å². The van der Waals surface area contributed by atoms with Gasteiger partial charge in [0.2, 0.25) is 41.4 Å². The van der Waals surface area contributed by atoms with E-state index in [4.69, 9.17) is 9.84 Å². The Kier molecular flexibility index (Phi) is 22.1. The van der Waals surface area contributed by atoms with Gasteiger partial charge in [-0.15, -0.1) is 11.8 Å². The molecule has 3 aliphatic heterocycles. The van der Waals surface area contributed by atoms with Crippen molar-refractivity contribution < 1.29 is 83.0 Å². The predicted molar refractivity (Wildman–Crippen MR) is 272 cm³/mol. The van der Waals surface area contributed by atoms with Crippen molar-refractivity contribution in [2.75, 3.05) is 45.2 Å². The number of fused-ring (bicyclic) bond motifs is 5. The fraction of sp³-hybridized carbons (Fsp3) is 0.580. The van der Waals surface area contributed by atoms with Gasteiger partial charge < -0.3 is 77.4 Å². The molecule has 1 aromatic heterocycles. The van der Waals surface area contributed by atoms with Crippen LogP contribution in [0.1, 0.15) is 77.3 Å². The zero-order valence-electron chi connectivity index (χ0n) is 43.0. The van der Waals surface area contributed by atoms with Crippen molar-refractivity contribution in [3.05, 3.63) is 29.3 Å². The summed E-state index contributed by atoms with van der Waals surface area (Å²) < 4.78 is 5.31. The molecule has 1 fully saturated rings. The van der Waals surface area contributed by atoms with E-state index in [0.717, 1.165) is 16.7 Å². The fourth-order valence-corrected chi connectivity index (χ4v) is 9.88. The Balaban J connectivity index is 1.47. The molecule has 0 spiro atoms. The van der Waals surface area contributed by atoms with E-state index in [2.05, 4.69) is 42.2 Å². The topological polar surface area (TPSA) is 401 Å². The third-order valence-corrected chi connectivity index (χ3v) is 14.1. The number of ketones is 2.